The molecule has 0 spiro atoms. The van der Waals surface area contributed by atoms with Gasteiger partial charge in [-0.2, -0.15) is 0 Å². The van der Waals surface area contributed by atoms with Crippen LogP contribution < -0.4 is 0 Å². The Balaban J connectivity index is 1.17. The van der Waals surface area contributed by atoms with Crippen molar-refractivity contribution in [2.75, 3.05) is 0 Å². The molecule has 0 aromatic heterocycles. The van der Waals surface area contributed by atoms with Crippen LogP contribution in [-0.2, 0) is 14.3 Å². The van der Waals surface area contributed by atoms with Crippen LogP contribution in [0.4, 0.5) is 0 Å². The lowest BCUT2D eigenvalue weighted by Crippen LogP contribution is -2.54. The molecule has 0 saturated heterocycles. The minimum Gasteiger partial charge on any atom is -0.481 e. The Labute approximate surface area is 258 Å². The van der Waals surface area contributed by atoms with Crippen LogP contribution in [0.1, 0.15) is 175 Å². The van der Waals surface area contributed by atoms with Crippen LogP contribution in [0, 0.1) is 46.3 Å². The van der Waals surface area contributed by atoms with E-state index in [-0.39, 0.29) is 12.1 Å². The lowest BCUT2D eigenvalue weighted by molar-refractivity contribution is -0.162. The number of fused-ring (bicyclic) bond motifs is 5. The van der Waals surface area contributed by atoms with Gasteiger partial charge in [-0.3, -0.25) is 9.59 Å². The average Bonchev–Trinajstić information content (AvgIpc) is 3.32. The lowest BCUT2D eigenvalue weighted by atomic mass is 9.44. The lowest BCUT2D eigenvalue weighted by Gasteiger charge is -2.61. The Bertz CT molecular complexity index is 854. The molecule has 0 aromatic rings. The van der Waals surface area contributed by atoms with Crippen LogP contribution in [0.5, 0.6) is 0 Å². The zero-order chi connectivity index (χ0) is 30.2. The van der Waals surface area contributed by atoms with Crippen molar-refractivity contribution in [2.24, 2.45) is 46.3 Å². The summed E-state index contributed by atoms with van der Waals surface area (Å²) >= 11 is 0. The molecule has 4 aliphatic carbocycles. The largest absolute Gasteiger partial charge is 0.481 e. The average molecular weight is 587 g/mol. The highest BCUT2D eigenvalue weighted by atomic mass is 16.5. The Kier molecular flexibility index (Phi) is 12.7. The summed E-state index contributed by atoms with van der Waals surface area (Å²) in [5.74, 6) is 3.76. The molecule has 4 aliphatic rings. The standard InChI is InChI=1S/C38H66O4/c1-5-6-7-8-9-10-11-12-13-14-15-16-36(41)42-30-23-25-37(3)29(27-30)18-19-31-33-21-20-32(28(2)17-22-35(39)40)38(33,4)26-24-34(31)37/h28-34H,5-27H2,1-4H3,(H,39,40)/t28-,29-,30-,31+,32-,33+,34+,37+,38-/m1/s1. The van der Waals surface area contributed by atoms with Gasteiger partial charge in [-0.15, -0.1) is 0 Å². The molecule has 0 amide bonds. The van der Waals surface area contributed by atoms with Gasteiger partial charge in [-0.05, 0) is 117 Å². The molecule has 0 heterocycles. The van der Waals surface area contributed by atoms with Gasteiger partial charge in [0.15, 0.2) is 0 Å². The summed E-state index contributed by atoms with van der Waals surface area (Å²) in [6, 6.07) is 0. The second kappa shape index (κ2) is 15.8. The maximum Gasteiger partial charge on any atom is 0.306 e. The number of unbranched alkanes of at least 4 members (excludes halogenated alkanes) is 10. The number of carbonyl (C=O) groups is 2. The molecule has 0 unspecified atom stereocenters. The van der Waals surface area contributed by atoms with Crippen LogP contribution >= 0.6 is 0 Å². The molecule has 4 fully saturated rings. The molecule has 4 saturated carbocycles. The molecule has 42 heavy (non-hydrogen) atoms. The van der Waals surface area contributed by atoms with Gasteiger partial charge in [-0.1, -0.05) is 91.9 Å². The van der Waals surface area contributed by atoms with Gasteiger partial charge in [0.2, 0.25) is 0 Å². The van der Waals surface area contributed by atoms with Crippen molar-refractivity contribution >= 4 is 11.9 Å². The number of carboxylic acids is 1. The third-order valence-electron chi connectivity index (χ3n) is 13.5. The van der Waals surface area contributed by atoms with Crippen LogP contribution in [0.2, 0.25) is 0 Å². The Morgan fingerprint density at radius 1 is 0.762 bits per heavy atom. The summed E-state index contributed by atoms with van der Waals surface area (Å²) in [7, 11) is 0. The minimum absolute atomic E-state index is 0.0515. The Morgan fingerprint density at radius 2 is 1.38 bits per heavy atom. The van der Waals surface area contributed by atoms with Crippen molar-refractivity contribution in [3.8, 4) is 0 Å². The highest BCUT2D eigenvalue weighted by Crippen LogP contribution is 2.68. The number of rotatable bonds is 17. The van der Waals surface area contributed by atoms with Crippen molar-refractivity contribution in [3.63, 3.8) is 0 Å². The van der Waals surface area contributed by atoms with E-state index in [1.54, 1.807) is 0 Å². The number of aliphatic carboxylic acids is 1. The molecular formula is C38H66O4. The van der Waals surface area contributed by atoms with E-state index < -0.39 is 5.97 Å². The van der Waals surface area contributed by atoms with Gasteiger partial charge >= 0.3 is 11.9 Å². The summed E-state index contributed by atoms with van der Waals surface area (Å²) < 4.78 is 6.10. The second-order valence-corrected chi connectivity index (χ2v) is 16.0. The quantitative estimate of drug-likeness (QED) is 0.136. The number of ether oxygens (including phenoxy) is 1. The normalized spacial score (nSPS) is 36.5. The first kappa shape index (κ1) is 33.8. The fourth-order valence-electron chi connectivity index (χ4n) is 11.0. The molecule has 9 atom stereocenters. The van der Waals surface area contributed by atoms with E-state index in [1.807, 2.05) is 0 Å². The first-order valence-electron chi connectivity index (χ1n) is 18.6. The molecule has 1 N–H and O–H groups in total. The van der Waals surface area contributed by atoms with Gasteiger partial charge in [0.05, 0.1) is 0 Å². The van der Waals surface area contributed by atoms with Crippen molar-refractivity contribution in [1.29, 1.82) is 0 Å². The van der Waals surface area contributed by atoms with E-state index in [4.69, 9.17) is 4.74 Å². The zero-order valence-corrected chi connectivity index (χ0v) is 28.0. The first-order chi connectivity index (χ1) is 20.2. The van der Waals surface area contributed by atoms with E-state index in [0.29, 0.717) is 41.4 Å². The van der Waals surface area contributed by atoms with Crippen molar-refractivity contribution < 1.29 is 19.4 Å². The fourth-order valence-corrected chi connectivity index (χ4v) is 11.0. The summed E-state index contributed by atoms with van der Waals surface area (Å²) in [4.78, 5) is 23.9. The number of hydrogen-bond donors (Lipinski definition) is 1. The molecular weight excluding hydrogens is 520 g/mol. The maximum absolute atomic E-state index is 12.7. The summed E-state index contributed by atoms with van der Waals surface area (Å²) in [6.45, 7) is 9.77. The molecule has 4 rings (SSSR count). The summed E-state index contributed by atoms with van der Waals surface area (Å²) in [5.41, 5.74) is 0.791. The topological polar surface area (TPSA) is 63.6 Å². The fraction of sp³-hybridized carbons (Fsp3) is 0.947. The van der Waals surface area contributed by atoms with Crippen molar-refractivity contribution in [1.82, 2.24) is 0 Å². The van der Waals surface area contributed by atoms with Crippen LogP contribution in [0.3, 0.4) is 0 Å². The number of carbonyl (C=O) groups excluding carboxylic acids is 1. The molecule has 242 valence electrons. The molecule has 0 aliphatic heterocycles. The Morgan fingerprint density at radius 3 is 2.05 bits per heavy atom. The summed E-state index contributed by atoms with van der Waals surface area (Å²) in [6.07, 6.45) is 27.6. The van der Waals surface area contributed by atoms with Gasteiger partial charge in [-0.25, -0.2) is 0 Å². The molecule has 4 nitrogen and oxygen atoms in total. The van der Waals surface area contributed by atoms with E-state index >= 15 is 0 Å². The van der Waals surface area contributed by atoms with Gasteiger partial charge in [0.1, 0.15) is 6.10 Å². The second-order valence-electron chi connectivity index (χ2n) is 16.0. The van der Waals surface area contributed by atoms with E-state index in [9.17, 15) is 14.7 Å². The molecule has 0 radical (unpaired) electrons. The van der Waals surface area contributed by atoms with Gasteiger partial charge in [0, 0.05) is 12.8 Å². The van der Waals surface area contributed by atoms with Crippen molar-refractivity contribution in [3.05, 3.63) is 0 Å². The van der Waals surface area contributed by atoms with E-state index in [2.05, 4.69) is 27.7 Å². The highest BCUT2D eigenvalue weighted by Gasteiger charge is 2.60. The van der Waals surface area contributed by atoms with Crippen LogP contribution in [0.15, 0.2) is 0 Å². The number of hydrogen-bond acceptors (Lipinski definition) is 3. The number of carboxylic acid groups (broad SMARTS) is 1. The highest BCUT2D eigenvalue weighted by molar-refractivity contribution is 5.69. The van der Waals surface area contributed by atoms with Gasteiger partial charge in [0.25, 0.3) is 0 Å². The van der Waals surface area contributed by atoms with Crippen LogP contribution in [0.25, 0.3) is 0 Å². The van der Waals surface area contributed by atoms with Gasteiger partial charge < -0.3 is 9.84 Å². The third kappa shape index (κ3) is 8.15. The molecule has 0 bridgehead atoms. The van der Waals surface area contributed by atoms with Crippen LogP contribution in [-0.4, -0.2) is 23.1 Å². The predicted octanol–water partition coefficient (Wildman–Crippen LogP) is 10.8. The smallest absolute Gasteiger partial charge is 0.306 e. The molecule has 4 heteroatoms. The van der Waals surface area contributed by atoms with E-state index in [1.165, 1.54) is 109 Å². The predicted molar refractivity (Wildman–Crippen MR) is 172 cm³/mol. The molecule has 0 aromatic carbocycles. The van der Waals surface area contributed by atoms with E-state index in [0.717, 1.165) is 43.4 Å². The third-order valence-corrected chi connectivity index (χ3v) is 13.5. The number of esters is 1. The maximum atomic E-state index is 12.7. The monoisotopic (exact) mass is 586 g/mol. The first-order valence-corrected chi connectivity index (χ1v) is 18.6. The Hall–Kier alpha value is -1.06. The SMILES string of the molecule is CCCCCCCCCCCCCC(=O)O[C@@H]1CC[C@@]2(C)[C@H](CC[C@@H]3[C@@H]2CC[C@]2(C)[C@@H]([C@H](C)CCC(=O)O)CC[C@@H]32)C1. The summed E-state index contributed by atoms with van der Waals surface area (Å²) in [5, 5.41) is 9.24. The zero-order valence-electron chi connectivity index (χ0n) is 28.0. The minimum atomic E-state index is -0.646. The van der Waals surface area contributed by atoms with Crippen molar-refractivity contribution in [2.45, 2.75) is 181 Å².